The molecular formula is C22H29N3O2S. The molecule has 2 amide bonds. The standard InChI is InChI=1S/C22H29N3O2S/c1-6-25(15(2)3)20-11-7-19(8-12-20)24-22(27)16(4)28-21-13-9-18(10-14-21)23-17(5)26/h7-16H,6H2,1-5H3,(H,23,26)(H,24,27). The Kier molecular flexibility index (Phi) is 7.93. The van der Waals surface area contributed by atoms with E-state index in [9.17, 15) is 9.59 Å². The molecule has 0 aliphatic heterocycles. The average Bonchev–Trinajstić information content (AvgIpc) is 2.64. The molecule has 2 aromatic rings. The molecule has 0 aromatic heterocycles. The molecule has 2 N–H and O–H groups in total. The van der Waals surface area contributed by atoms with Gasteiger partial charge in [0.1, 0.15) is 0 Å². The van der Waals surface area contributed by atoms with Gasteiger partial charge in [-0.2, -0.15) is 0 Å². The predicted octanol–water partition coefficient (Wildman–Crippen LogP) is 5.00. The third-order valence-electron chi connectivity index (χ3n) is 4.29. The molecule has 2 rings (SSSR count). The van der Waals surface area contributed by atoms with Gasteiger partial charge in [0.15, 0.2) is 0 Å². The van der Waals surface area contributed by atoms with E-state index in [1.807, 2.05) is 55.5 Å². The number of thioether (sulfide) groups is 1. The summed E-state index contributed by atoms with van der Waals surface area (Å²) < 4.78 is 0. The number of hydrogen-bond acceptors (Lipinski definition) is 4. The number of carbonyl (C=O) groups is 2. The highest BCUT2D eigenvalue weighted by atomic mass is 32.2. The van der Waals surface area contributed by atoms with Crippen LogP contribution in [0.5, 0.6) is 0 Å². The SMILES string of the molecule is CCN(c1ccc(NC(=O)C(C)Sc2ccc(NC(C)=O)cc2)cc1)C(C)C. The molecule has 0 saturated heterocycles. The molecule has 0 spiro atoms. The summed E-state index contributed by atoms with van der Waals surface area (Å²) in [6.07, 6.45) is 0. The van der Waals surface area contributed by atoms with Crippen LogP contribution in [0.2, 0.25) is 0 Å². The van der Waals surface area contributed by atoms with Gasteiger partial charge < -0.3 is 15.5 Å². The summed E-state index contributed by atoms with van der Waals surface area (Å²) in [6.45, 7) is 10.8. The fraction of sp³-hybridized carbons (Fsp3) is 0.364. The summed E-state index contributed by atoms with van der Waals surface area (Å²) >= 11 is 1.48. The number of rotatable bonds is 8. The van der Waals surface area contributed by atoms with Crippen molar-refractivity contribution in [3.05, 3.63) is 48.5 Å². The summed E-state index contributed by atoms with van der Waals surface area (Å²) in [5.74, 6) is -0.144. The third kappa shape index (κ3) is 6.30. The zero-order valence-corrected chi connectivity index (χ0v) is 18.0. The number of nitrogens with zero attached hydrogens (tertiary/aromatic N) is 1. The van der Waals surface area contributed by atoms with E-state index in [0.717, 1.165) is 28.5 Å². The highest BCUT2D eigenvalue weighted by Crippen LogP contribution is 2.26. The fourth-order valence-corrected chi connectivity index (χ4v) is 3.77. The monoisotopic (exact) mass is 399 g/mol. The maximum Gasteiger partial charge on any atom is 0.237 e. The molecule has 1 unspecified atom stereocenters. The van der Waals surface area contributed by atoms with Gasteiger partial charge in [0, 0.05) is 41.5 Å². The molecule has 0 radical (unpaired) electrons. The van der Waals surface area contributed by atoms with E-state index < -0.39 is 0 Å². The van der Waals surface area contributed by atoms with Crippen molar-refractivity contribution in [1.82, 2.24) is 0 Å². The molecule has 2 aromatic carbocycles. The van der Waals surface area contributed by atoms with Crippen LogP contribution in [0.3, 0.4) is 0 Å². The Balaban J connectivity index is 1.94. The van der Waals surface area contributed by atoms with Crippen LogP contribution in [0.15, 0.2) is 53.4 Å². The Hall–Kier alpha value is -2.47. The number of amides is 2. The van der Waals surface area contributed by atoms with Crippen molar-refractivity contribution in [2.45, 2.75) is 50.8 Å². The van der Waals surface area contributed by atoms with Crippen molar-refractivity contribution < 1.29 is 9.59 Å². The molecular weight excluding hydrogens is 370 g/mol. The second-order valence-electron chi connectivity index (χ2n) is 6.88. The first-order valence-electron chi connectivity index (χ1n) is 9.52. The van der Waals surface area contributed by atoms with E-state index in [2.05, 4.69) is 36.3 Å². The first-order chi connectivity index (χ1) is 13.3. The summed E-state index contributed by atoms with van der Waals surface area (Å²) in [5.41, 5.74) is 2.69. The van der Waals surface area contributed by atoms with Gasteiger partial charge in [-0.1, -0.05) is 0 Å². The van der Waals surface area contributed by atoms with Gasteiger partial charge in [-0.25, -0.2) is 0 Å². The van der Waals surface area contributed by atoms with E-state index in [0.29, 0.717) is 6.04 Å². The molecule has 0 aliphatic rings. The van der Waals surface area contributed by atoms with E-state index in [4.69, 9.17) is 0 Å². The lowest BCUT2D eigenvalue weighted by Gasteiger charge is -2.27. The maximum atomic E-state index is 12.5. The van der Waals surface area contributed by atoms with Crippen LogP contribution in [0.4, 0.5) is 17.1 Å². The van der Waals surface area contributed by atoms with Crippen molar-refractivity contribution in [2.24, 2.45) is 0 Å². The molecule has 0 aliphatic carbocycles. The Bertz CT molecular complexity index is 788. The topological polar surface area (TPSA) is 61.4 Å². The lowest BCUT2D eigenvalue weighted by atomic mass is 10.2. The Morgan fingerprint density at radius 3 is 1.96 bits per heavy atom. The number of anilines is 3. The zero-order chi connectivity index (χ0) is 20.7. The Morgan fingerprint density at radius 1 is 0.929 bits per heavy atom. The first-order valence-corrected chi connectivity index (χ1v) is 10.4. The molecule has 150 valence electrons. The van der Waals surface area contributed by atoms with E-state index in [-0.39, 0.29) is 17.1 Å². The fourth-order valence-electron chi connectivity index (χ4n) is 2.90. The molecule has 0 bridgehead atoms. The van der Waals surface area contributed by atoms with Crippen LogP contribution in [-0.4, -0.2) is 29.7 Å². The quantitative estimate of drug-likeness (QED) is 0.613. The number of carbonyl (C=O) groups excluding carboxylic acids is 2. The van der Waals surface area contributed by atoms with Crippen molar-refractivity contribution in [2.75, 3.05) is 22.1 Å². The van der Waals surface area contributed by atoms with Gasteiger partial charge in [-0.15, -0.1) is 11.8 Å². The first kappa shape index (κ1) is 21.8. The molecule has 0 fully saturated rings. The lowest BCUT2D eigenvalue weighted by molar-refractivity contribution is -0.115. The number of benzene rings is 2. The van der Waals surface area contributed by atoms with Gasteiger partial charge >= 0.3 is 0 Å². The van der Waals surface area contributed by atoms with Gasteiger partial charge in [-0.05, 0) is 76.2 Å². The summed E-state index contributed by atoms with van der Waals surface area (Å²) in [6, 6.07) is 15.9. The normalized spacial score (nSPS) is 11.8. The highest BCUT2D eigenvalue weighted by molar-refractivity contribution is 8.00. The van der Waals surface area contributed by atoms with Crippen molar-refractivity contribution >= 4 is 40.6 Å². The van der Waals surface area contributed by atoms with Crippen LogP contribution < -0.4 is 15.5 Å². The van der Waals surface area contributed by atoms with Crippen LogP contribution in [0.25, 0.3) is 0 Å². The minimum atomic E-state index is -0.242. The minimum absolute atomic E-state index is 0.0418. The van der Waals surface area contributed by atoms with Crippen molar-refractivity contribution in [1.29, 1.82) is 0 Å². The van der Waals surface area contributed by atoms with Crippen LogP contribution >= 0.6 is 11.8 Å². The van der Waals surface area contributed by atoms with Crippen LogP contribution in [0, 0.1) is 0 Å². The predicted molar refractivity (Wildman–Crippen MR) is 119 cm³/mol. The van der Waals surface area contributed by atoms with Gasteiger partial charge in [0.05, 0.1) is 5.25 Å². The molecule has 28 heavy (non-hydrogen) atoms. The van der Waals surface area contributed by atoms with Gasteiger partial charge in [0.2, 0.25) is 11.8 Å². The van der Waals surface area contributed by atoms with E-state index in [1.165, 1.54) is 18.7 Å². The van der Waals surface area contributed by atoms with Crippen LogP contribution in [-0.2, 0) is 9.59 Å². The van der Waals surface area contributed by atoms with E-state index >= 15 is 0 Å². The molecule has 5 nitrogen and oxygen atoms in total. The maximum absolute atomic E-state index is 12.5. The molecule has 6 heteroatoms. The average molecular weight is 400 g/mol. The third-order valence-corrected chi connectivity index (χ3v) is 5.40. The van der Waals surface area contributed by atoms with Crippen molar-refractivity contribution in [3.8, 4) is 0 Å². The zero-order valence-electron chi connectivity index (χ0n) is 17.2. The van der Waals surface area contributed by atoms with Crippen molar-refractivity contribution in [3.63, 3.8) is 0 Å². The minimum Gasteiger partial charge on any atom is -0.369 e. The van der Waals surface area contributed by atoms with E-state index in [1.54, 1.807) is 0 Å². The Labute approximate surface area is 171 Å². The largest absolute Gasteiger partial charge is 0.369 e. The smallest absolute Gasteiger partial charge is 0.237 e. The molecule has 1 atom stereocenters. The van der Waals surface area contributed by atoms with Crippen LogP contribution in [0.1, 0.15) is 34.6 Å². The van der Waals surface area contributed by atoms with Gasteiger partial charge in [-0.3, -0.25) is 9.59 Å². The second-order valence-corrected chi connectivity index (χ2v) is 8.30. The Morgan fingerprint density at radius 2 is 1.46 bits per heavy atom. The highest BCUT2D eigenvalue weighted by Gasteiger charge is 2.15. The molecule has 0 saturated carbocycles. The summed E-state index contributed by atoms with van der Waals surface area (Å²) in [7, 11) is 0. The summed E-state index contributed by atoms with van der Waals surface area (Å²) in [4.78, 5) is 26.9. The van der Waals surface area contributed by atoms with Gasteiger partial charge in [0.25, 0.3) is 0 Å². The molecule has 0 heterocycles. The number of hydrogen-bond donors (Lipinski definition) is 2. The lowest BCUT2D eigenvalue weighted by Crippen LogP contribution is -2.30. The second kappa shape index (κ2) is 10.2. The number of nitrogens with one attached hydrogen (secondary N) is 2. The summed E-state index contributed by atoms with van der Waals surface area (Å²) in [5, 5.41) is 5.47.